The predicted molar refractivity (Wildman–Crippen MR) is 72.5 cm³/mol. The number of hydrogen-bond donors (Lipinski definition) is 0. The Morgan fingerprint density at radius 1 is 1.45 bits per heavy atom. The number of nitrogens with zero attached hydrogens (tertiary/aromatic N) is 2. The topological polar surface area (TPSA) is 81.9 Å². The first-order chi connectivity index (χ1) is 9.54. The van der Waals surface area contributed by atoms with Gasteiger partial charge in [0.25, 0.3) is 5.69 Å². The van der Waals surface area contributed by atoms with Crippen LogP contribution in [0.5, 0.6) is 0 Å². The van der Waals surface area contributed by atoms with Crippen LogP contribution in [0, 0.1) is 10.1 Å². The fourth-order valence-electron chi connectivity index (χ4n) is 2.06. The summed E-state index contributed by atoms with van der Waals surface area (Å²) in [6, 6.07) is 2.56. The van der Waals surface area contributed by atoms with Crippen LogP contribution in [-0.2, 0) is 9.47 Å². The molecule has 8 heteroatoms. The molecule has 0 spiro atoms. The third-order valence-electron chi connectivity index (χ3n) is 2.99. The number of anilines is 1. The van der Waals surface area contributed by atoms with Crippen molar-refractivity contribution >= 4 is 28.9 Å². The van der Waals surface area contributed by atoms with Crippen molar-refractivity contribution in [2.45, 2.75) is 0 Å². The Balaban J connectivity index is 2.49. The second-order valence-corrected chi connectivity index (χ2v) is 4.58. The summed E-state index contributed by atoms with van der Waals surface area (Å²) in [4.78, 5) is 23.9. The van der Waals surface area contributed by atoms with Gasteiger partial charge in [-0.3, -0.25) is 10.1 Å². The van der Waals surface area contributed by atoms with Gasteiger partial charge in [-0.15, -0.1) is 0 Å². The molecule has 0 atom stereocenters. The molecule has 108 valence electrons. The molecule has 7 nitrogen and oxygen atoms in total. The number of hydrogen-bond acceptors (Lipinski definition) is 6. The summed E-state index contributed by atoms with van der Waals surface area (Å²) in [7, 11) is 1.21. The molecule has 0 saturated carbocycles. The maximum atomic E-state index is 11.5. The van der Waals surface area contributed by atoms with Crippen LogP contribution in [0.3, 0.4) is 0 Å². The molecule has 20 heavy (non-hydrogen) atoms. The van der Waals surface area contributed by atoms with Gasteiger partial charge in [0.1, 0.15) is 5.69 Å². The van der Waals surface area contributed by atoms with Crippen LogP contribution < -0.4 is 4.90 Å². The van der Waals surface area contributed by atoms with Crippen LogP contribution in [0.25, 0.3) is 0 Å². The van der Waals surface area contributed by atoms with Crippen molar-refractivity contribution in [2.24, 2.45) is 0 Å². The van der Waals surface area contributed by atoms with Crippen molar-refractivity contribution in [3.63, 3.8) is 0 Å². The first-order valence-corrected chi connectivity index (χ1v) is 6.31. The second-order valence-electron chi connectivity index (χ2n) is 4.17. The molecule has 0 bridgehead atoms. The lowest BCUT2D eigenvalue weighted by molar-refractivity contribution is -0.384. The van der Waals surface area contributed by atoms with Crippen molar-refractivity contribution < 1.29 is 19.2 Å². The highest BCUT2D eigenvalue weighted by Crippen LogP contribution is 2.37. The van der Waals surface area contributed by atoms with Crippen molar-refractivity contribution in [3.05, 3.63) is 32.8 Å². The summed E-state index contributed by atoms with van der Waals surface area (Å²) in [5.41, 5.74) is 0.161. The number of esters is 1. The molecule has 1 fully saturated rings. The number of carbonyl (C=O) groups excluding carboxylic acids is 1. The molecule has 0 unspecified atom stereocenters. The lowest BCUT2D eigenvalue weighted by atomic mass is 10.1. The Kier molecular flexibility index (Phi) is 4.41. The summed E-state index contributed by atoms with van der Waals surface area (Å²) in [5, 5.41) is 11.4. The maximum absolute atomic E-state index is 11.5. The van der Waals surface area contributed by atoms with Crippen molar-refractivity contribution in [1.29, 1.82) is 0 Å². The zero-order chi connectivity index (χ0) is 14.7. The molecule has 0 N–H and O–H groups in total. The molecule has 1 saturated heterocycles. The minimum absolute atomic E-state index is 0.0567. The third-order valence-corrected chi connectivity index (χ3v) is 3.28. The summed E-state index contributed by atoms with van der Waals surface area (Å²) < 4.78 is 9.77. The number of nitro benzene ring substituents is 1. The van der Waals surface area contributed by atoms with E-state index < -0.39 is 10.9 Å². The van der Waals surface area contributed by atoms with Crippen LogP contribution >= 0.6 is 11.6 Å². The van der Waals surface area contributed by atoms with Crippen molar-refractivity contribution in [3.8, 4) is 0 Å². The summed E-state index contributed by atoms with van der Waals surface area (Å²) in [5.74, 6) is -0.663. The molecule has 0 aliphatic carbocycles. The van der Waals surface area contributed by atoms with Gasteiger partial charge in [-0.25, -0.2) is 4.79 Å². The minimum atomic E-state index is -0.663. The number of nitro groups is 1. The molecule has 2 rings (SSSR count). The first kappa shape index (κ1) is 14.5. The number of methoxy groups -OCH3 is 1. The van der Waals surface area contributed by atoms with E-state index in [0.29, 0.717) is 32.0 Å². The molecule has 1 aromatic carbocycles. The number of rotatable bonds is 3. The van der Waals surface area contributed by atoms with Gasteiger partial charge < -0.3 is 14.4 Å². The quantitative estimate of drug-likeness (QED) is 0.481. The minimum Gasteiger partial charge on any atom is -0.465 e. The summed E-state index contributed by atoms with van der Waals surface area (Å²) in [6.07, 6.45) is 0. The Labute approximate surface area is 120 Å². The van der Waals surface area contributed by atoms with Crippen LogP contribution in [0.2, 0.25) is 5.02 Å². The standard InChI is InChI=1S/C12H13ClN2O5/c1-19-12(16)8-6-9(13)11(10(7-8)15(17)18)14-2-4-20-5-3-14/h6-7H,2-5H2,1H3. The number of halogens is 1. The van der Waals surface area contributed by atoms with Gasteiger partial charge in [0.05, 0.1) is 35.8 Å². The third kappa shape index (κ3) is 2.83. The molecule has 1 heterocycles. The van der Waals surface area contributed by atoms with E-state index >= 15 is 0 Å². The van der Waals surface area contributed by atoms with Gasteiger partial charge >= 0.3 is 5.97 Å². The Hall–Kier alpha value is -1.86. The Morgan fingerprint density at radius 2 is 2.10 bits per heavy atom. The highest BCUT2D eigenvalue weighted by atomic mass is 35.5. The molecule has 1 aromatic rings. The monoisotopic (exact) mass is 300 g/mol. The average Bonchev–Trinajstić information content (AvgIpc) is 2.46. The fourth-order valence-corrected chi connectivity index (χ4v) is 2.39. The zero-order valence-corrected chi connectivity index (χ0v) is 11.6. The SMILES string of the molecule is COC(=O)c1cc(Cl)c(N2CCOCC2)c([N+](=O)[O-])c1. The van der Waals surface area contributed by atoms with E-state index in [-0.39, 0.29) is 16.3 Å². The average molecular weight is 301 g/mol. The molecule has 1 aliphatic rings. The largest absolute Gasteiger partial charge is 0.465 e. The van der Waals surface area contributed by atoms with Gasteiger partial charge in [-0.05, 0) is 6.07 Å². The Morgan fingerprint density at radius 3 is 2.65 bits per heavy atom. The molecule has 1 aliphatic heterocycles. The van der Waals surface area contributed by atoms with Gasteiger partial charge in [-0.1, -0.05) is 11.6 Å². The maximum Gasteiger partial charge on any atom is 0.338 e. The molecule has 0 radical (unpaired) electrons. The normalized spacial score (nSPS) is 15.0. The van der Waals surface area contributed by atoms with Crippen molar-refractivity contribution in [1.82, 2.24) is 0 Å². The number of benzene rings is 1. The van der Waals surface area contributed by atoms with E-state index in [4.69, 9.17) is 16.3 Å². The van der Waals surface area contributed by atoms with E-state index in [1.807, 2.05) is 0 Å². The van der Waals surface area contributed by atoms with E-state index in [1.54, 1.807) is 4.90 Å². The predicted octanol–water partition coefficient (Wildman–Crippen LogP) is 1.87. The van der Waals surface area contributed by atoms with E-state index in [1.165, 1.54) is 19.2 Å². The highest BCUT2D eigenvalue weighted by Gasteiger charge is 2.27. The number of ether oxygens (including phenoxy) is 2. The highest BCUT2D eigenvalue weighted by molar-refractivity contribution is 6.34. The number of carbonyl (C=O) groups is 1. The second kappa shape index (κ2) is 6.06. The Bertz CT molecular complexity index is 543. The summed E-state index contributed by atoms with van der Waals surface area (Å²) >= 11 is 6.12. The van der Waals surface area contributed by atoms with Gasteiger partial charge in [0, 0.05) is 19.2 Å². The van der Waals surface area contributed by atoms with E-state index in [0.717, 1.165) is 0 Å². The van der Waals surface area contributed by atoms with Gasteiger partial charge in [0.2, 0.25) is 0 Å². The van der Waals surface area contributed by atoms with Crippen LogP contribution in [0.1, 0.15) is 10.4 Å². The van der Waals surface area contributed by atoms with Crippen LogP contribution in [0.4, 0.5) is 11.4 Å². The number of morpholine rings is 1. The first-order valence-electron chi connectivity index (χ1n) is 5.93. The molecular weight excluding hydrogens is 288 g/mol. The van der Waals surface area contributed by atoms with Gasteiger partial charge in [-0.2, -0.15) is 0 Å². The lowest BCUT2D eigenvalue weighted by Crippen LogP contribution is -2.36. The van der Waals surface area contributed by atoms with Gasteiger partial charge in [0.15, 0.2) is 0 Å². The lowest BCUT2D eigenvalue weighted by Gasteiger charge is -2.29. The van der Waals surface area contributed by atoms with Crippen LogP contribution in [0.15, 0.2) is 12.1 Å². The zero-order valence-electron chi connectivity index (χ0n) is 10.8. The molecular formula is C12H13ClN2O5. The summed E-state index contributed by atoms with van der Waals surface area (Å²) in [6.45, 7) is 1.98. The van der Waals surface area contributed by atoms with Crippen molar-refractivity contribution in [2.75, 3.05) is 38.3 Å². The van der Waals surface area contributed by atoms with Crippen LogP contribution in [-0.4, -0.2) is 44.3 Å². The molecule has 0 aromatic heterocycles. The fraction of sp³-hybridized carbons (Fsp3) is 0.417. The smallest absolute Gasteiger partial charge is 0.338 e. The van der Waals surface area contributed by atoms with E-state index in [2.05, 4.69) is 4.74 Å². The van der Waals surface area contributed by atoms with E-state index in [9.17, 15) is 14.9 Å². The molecule has 0 amide bonds.